The maximum absolute atomic E-state index is 10.2. The highest BCUT2D eigenvalue weighted by Gasteiger charge is 2.31. The van der Waals surface area contributed by atoms with Crippen molar-refractivity contribution in [2.24, 2.45) is 11.8 Å². The Kier molecular flexibility index (Phi) is 3.65. The van der Waals surface area contributed by atoms with E-state index >= 15 is 0 Å². The van der Waals surface area contributed by atoms with E-state index in [1.165, 1.54) is 18.4 Å². The Hall–Kier alpha value is -0.820. The molecule has 0 radical (unpaired) electrons. The summed E-state index contributed by atoms with van der Waals surface area (Å²) >= 11 is 0. The molecule has 0 amide bonds. The molecular weight excluding hydrogens is 196 g/mol. The van der Waals surface area contributed by atoms with Crippen LogP contribution in [0.4, 0.5) is 0 Å². The van der Waals surface area contributed by atoms with Crippen molar-refractivity contribution in [3.05, 3.63) is 35.9 Å². The molecule has 1 aromatic carbocycles. The molecule has 1 saturated carbocycles. The van der Waals surface area contributed by atoms with Crippen LogP contribution in [0.3, 0.4) is 0 Å². The number of rotatable bonds is 2. The first-order valence-electron chi connectivity index (χ1n) is 6.41. The third kappa shape index (κ3) is 2.46. The van der Waals surface area contributed by atoms with Crippen LogP contribution in [0.5, 0.6) is 0 Å². The van der Waals surface area contributed by atoms with Gasteiger partial charge < -0.3 is 5.11 Å². The van der Waals surface area contributed by atoms with Gasteiger partial charge in [-0.15, -0.1) is 0 Å². The van der Waals surface area contributed by atoms with Gasteiger partial charge in [0, 0.05) is 0 Å². The fourth-order valence-electron chi connectivity index (χ4n) is 2.96. The molecule has 1 nitrogen and oxygen atoms in total. The Morgan fingerprint density at radius 3 is 2.50 bits per heavy atom. The van der Waals surface area contributed by atoms with E-state index in [2.05, 4.69) is 44.2 Å². The Balaban J connectivity index is 2.07. The van der Waals surface area contributed by atoms with E-state index in [-0.39, 0.29) is 6.10 Å². The molecule has 0 heterocycles. The van der Waals surface area contributed by atoms with Gasteiger partial charge in [-0.05, 0) is 36.2 Å². The highest BCUT2D eigenvalue weighted by Crippen LogP contribution is 2.37. The van der Waals surface area contributed by atoms with E-state index in [1.54, 1.807) is 0 Å². The summed E-state index contributed by atoms with van der Waals surface area (Å²) in [6, 6.07) is 10.6. The first kappa shape index (κ1) is 11.7. The molecule has 1 aliphatic rings. The third-order valence-electron chi connectivity index (χ3n) is 4.10. The van der Waals surface area contributed by atoms with Crippen LogP contribution in [0.2, 0.25) is 0 Å². The smallest absolute Gasteiger partial charge is 0.0576 e. The van der Waals surface area contributed by atoms with E-state index in [4.69, 9.17) is 0 Å². The van der Waals surface area contributed by atoms with Gasteiger partial charge in [0.05, 0.1) is 6.10 Å². The van der Waals surface area contributed by atoms with Gasteiger partial charge in [0.25, 0.3) is 0 Å². The lowest BCUT2D eigenvalue weighted by Crippen LogP contribution is -2.31. The summed E-state index contributed by atoms with van der Waals surface area (Å²) in [4.78, 5) is 0. The van der Waals surface area contributed by atoms with Gasteiger partial charge in [0.2, 0.25) is 0 Å². The van der Waals surface area contributed by atoms with Crippen LogP contribution >= 0.6 is 0 Å². The highest BCUT2D eigenvalue weighted by molar-refractivity contribution is 5.20. The van der Waals surface area contributed by atoms with Crippen LogP contribution in [-0.2, 0) is 0 Å². The second kappa shape index (κ2) is 5.01. The van der Waals surface area contributed by atoms with Gasteiger partial charge in [0.1, 0.15) is 0 Å². The van der Waals surface area contributed by atoms with E-state index in [1.807, 2.05) is 0 Å². The summed E-state index contributed by atoms with van der Waals surface area (Å²) < 4.78 is 0. The monoisotopic (exact) mass is 218 g/mol. The van der Waals surface area contributed by atoms with Crippen molar-refractivity contribution in [1.82, 2.24) is 0 Å². The molecule has 0 aliphatic heterocycles. The van der Waals surface area contributed by atoms with Crippen molar-refractivity contribution in [3.8, 4) is 0 Å². The van der Waals surface area contributed by atoms with Gasteiger partial charge in [-0.1, -0.05) is 50.6 Å². The Morgan fingerprint density at radius 2 is 1.88 bits per heavy atom. The zero-order valence-electron chi connectivity index (χ0n) is 10.3. The van der Waals surface area contributed by atoms with Gasteiger partial charge in [0.15, 0.2) is 0 Å². The SMILES string of the molecule is CC1CCC(C(C)c2ccccc2)C(O)C1. The fraction of sp³-hybridized carbons (Fsp3) is 0.600. The summed E-state index contributed by atoms with van der Waals surface area (Å²) in [6.07, 6.45) is 3.29. The molecule has 4 unspecified atom stereocenters. The maximum Gasteiger partial charge on any atom is 0.0576 e. The van der Waals surface area contributed by atoms with Gasteiger partial charge in [-0.25, -0.2) is 0 Å². The number of aliphatic hydroxyl groups is 1. The maximum atomic E-state index is 10.2. The average Bonchev–Trinajstić information content (AvgIpc) is 2.29. The van der Waals surface area contributed by atoms with Crippen LogP contribution < -0.4 is 0 Å². The summed E-state index contributed by atoms with van der Waals surface area (Å²) in [5.41, 5.74) is 1.36. The normalized spacial score (nSPS) is 32.3. The largest absolute Gasteiger partial charge is 0.393 e. The zero-order valence-corrected chi connectivity index (χ0v) is 10.3. The Morgan fingerprint density at radius 1 is 1.19 bits per heavy atom. The molecule has 0 bridgehead atoms. The average molecular weight is 218 g/mol. The van der Waals surface area contributed by atoms with Crippen molar-refractivity contribution >= 4 is 0 Å². The second-order valence-corrected chi connectivity index (χ2v) is 5.35. The number of benzene rings is 1. The van der Waals surface area contributed by atoms with Crippen LogP contribution in [0.25, 0.3) is 0 Å². The van der Waals surface area contributed by atoms with E-state index in [0.29, 0.717) is 17.8 Å². The first-order valence-corrected chi connectivity index (χ1v) is 6.41. The second-order valence-electron chi connectivity index (χ2n) is 5.35. The molecule has 1 aromatic rings. The first-order chi connectivity index (χ1) is 7.68. The van der Waals surface area contributed by atoms with Gasteiger partial charge in [-0.3, -0.25) is 0 Å². The highest BCUT2D eigenvalue weighted by atomic mass is 16.3. The van der Waals surface area contributed by atoms with E-state index in [9.17, 15) is 5.11 Å². The van der Waals surface area contributed by atoms with Gasteiger partial charge in [-0.2, -0.15) is 0 Å². The molecule has 0 spiro atoms. The number of hydrogen-bond acceptors (Lipinski definition) is 1. The van der Waals surface area contributed by atoms with Crippen LogP contribution in [0, 0.1) is 11.8 Å². The van der Waals surface area contributed by atoms with Crippen molar-refractivity contribution in [1.29, 1.82) is 0 Å². The van der Waals surface area contributed by atoms with Crippen LogP contribution in [0.1, 0.15) is 44.6 Å². The molecule has 16 heavy (non-hydrogen) atoms. The molecule has 1 aliphatic carbocycles. The minimum Gasteiger partial charge on any atom is -0.393 e. The lowest BCUT2D eigenvalue weighted by molar-refractivity contribution is 0.0379. The van der Waals surface area contributed by atoms with Crippen molar-refractivity contribution < 1.29 is 5.11 Å². The van der Waals surface area contributed by atoms with Crippen molar-refractivity contribution in [2.45, 2.75) is 45.1 Å². The fourth-order valence-corrected chi connectivity index (χ4v) is 2.96. The molecule has 2 rings (SSSR count). The minimum absolute atomic E-state index is 0.112. The zero-order chi connectivity index (χ0) is 11.5. The van der Waals surface area contributed by atoms with Crippen molar-refractivity contribution in [2.75, 3.05) is 0 Å². The molecule has 0 aromatic heterocycles. The summed E-state index contributed by atoms with van der Waals surface area (Å²) in [5, 5.41) is 10.2. The van der Waals surface area contributed by atoms with Crippen LogP contribution in [0.15, 0.2) is 30.3 Å². The van der Waals surface area contributed by atoms with E-state index < -0.39 is 0 Å². The summed E-state index contributed by atoms with van der Waals surface area (Å²) in [5.74, 6) is 1.61. The molecule has 1 heteroatoms. The predicted molar refractivity (Wildman–Crippen MR) is 67.4 cm³/mol. The Bertz CT molecular complexity index is 319. The van der Waals surface area contributed by atoms with Gasteiger partial charge >= 0.3 is 0 Å². The number of aliphatic hydroxyl groups excluding tert-OH is 1. The Labute approximate surface area is 98.5 Å². The number of hydrogen-bond donors (Lipinski definition) is 1. The standard InChI is InChI=1S/C15H22O/c1-11-8-9-14(15(16)10-11)12(2)13-6-4-3-5-7-13/h3-7,11-12,14-16H,8-10H2,1-2H3. The quantitative estimate of drug-likeness (QED) is 0.804. The van der Waals surface area contributed by atoms with Crippen molar-refractivity contribution in [3.63, 3.8) is 0 Å². The molecule has 1 N–H and O–H groups in total. The molecule has 1 fully saturated rings. The lowest BCUT2D eigenvalue weighted by atomic mass is 9.73. The molecular formula is C15H22O. The molecule has 4 atom stereocenters. The summed E-state index contributed by atoms with van der Waals surface area (Å²) in [6.45, 7) is 4.49. The lowest BCUT2D eigenvalue weighted by Gasteiger charge is -2.35. The van der Waals surface area contributed by atoms with Crippen LogP contribution in [-0.4, -0.2) is 11.2 Å². The van der Waals surface area contributed by atoms with E-state index in [0.717, 1.165) is 6.42 Å². The third-order valence-corrected chi connectivity index (χ3v) is 4.10. The topological polar surface area (TPSA) is 20.2 Å². The molecule has 0 saturated heterocycles. The summed E-state index contributed by atoms with van der Waals surface area (Å²) in [7, 11) is 0. The minimum atomic E-state index is -0.112. The molecule has 88 valence electrons. The predicted octanol–water partition coefficient (Wildman–Crippen LogP) is 3.59.